The van der Waals surface area contributed by atoms with Crippen molar-refractivity contribution in [3.8, 4) is 11.1 Å². The predicted molar refractivity (Wildman–Crippen MR) is 93.9 cm³/mol. The molecule has 0 radical (unpaired) electrons. The number of rotatable bonds is 4. The van der Waals surface area contributed by atoms with Crippen LogP contribution in [0.25, 0.3) is 11.1 Å². The Balaban J connectivity index is 1.72. The van der Waals surface area contributed by atoms with Gasteiger partial charge in [0.05, 0.1) is 22.3 Å². The molecule has 0 bridgehead atoms. The molecule has 4 rings (SSSR count). The quantitative estimate of drug-likeness (QED) is 0.861. The van der Waals surface area contributed by atoms with Crippen LogP contribution in [-0.2, 0) is 0 Å². The molecule has 6 nitrogen and oxygen atoms in total. The lowest BCUT2D eigenvalue weighted by Gasteiger charge is -2.12. The number of hydrogen-bond donors (Lipinski definition) is 1. The highest BCUT2D eigenvalue weighted by molar-refractivity contribution is 6.23. The largest absolute Gasteiger partial charge is 0.288 e. The summed E-state index contributed by atoms with van der Waals surface area (Å²) < 4.78 is 0. The normalized spacial score (nSPS) is 15.3. The Kier molecular flexibility index (Phi) is 3.68. The molecule has 2 aliphatic heterocycles. The van der Waals surface area contributed by atoms with Gasteiger partial charge in [0.15, 0.2) is 0 Å². The standard InChI is InChI=1S/C20H16N2O4/c1-2-3-8-22-19(25)14-7-5-12(10-16(14)20(22)26)11-4-6-13-15(9-11)18(24)21-17(13)23/h4-7,9-10H,2-3,8H2,1H3,(H,21,23,24). The number of carbonyl (C=O) groups excluding carboxylic acids is 4. The van der Waals surface area contributed by atoms with Gasteiger partial charge in [-0.3, -0.25) is 29.4 Å². The van der Waals surface area contributed by atoms with Crippen molar-refractivity contribution in [1.82, 2.24) is 10.2 Å². The molecule has 4 amide bonds. The first-order valence-corrected chi connectivity index (χ1v) is 8.51. The van der Waals surface area contributed by atoms with Gasteiger partial charge in [-0.1, -0.05) is 25.5 Å². The van der Waals surface area contributed by atoms with Crippen LogP contribution < -0.4 is 5.32 Å². The summed E-state index contributed by atoms with van der Waals surface area (Å²) >= 11 is 0. The number of nitrogens with zero attached hydrogens (tertiary/aromatic N) is 1. The first-order chi connectivity index (χ1) is 12.5. The van der Waals surface area contributed by atoms with E-state index < -0.39 is 11.8 Å². The van der Waals surface area contributed by atoms with Crippen LogP contribution in [0.5, 0.6) is 0 Å². The molecule has 0 saturated heterocycles. The Bertz CT molecular complexity index is 993. The van der Waals surface area contributed by atoms with Crippen molar-refractivity contribution in [3.63, 3.8) is 0 Å². The summed E-state index contributed by atoms with van der Waals surface area (Å²) in [5.74, 6) is -1.37. The van der Waals surface area contributed by atoms with Crippen molar-refractivity contribution in [1.29, 1.82) is 0 Å². The summed E-state index contributed by atoms with van der Waals surface area (Å²) in [7, 11) is 0. The van der Waals surface area contributed by atoms with Crippen molar-refractivity contribution in [2.24, 2.45) is 0 Å². The summed E-state index contributed by atoms with van der Waals surface area (Å²) in [4.78, 5) is 49.8. The second-order valence-corrected chi connectivity index (χ2v) is 6.42. The lowest BCUT2D eigenvalue weighted by molar-refractivity contribution is 0.0651. The van der Waals surface area contributed by atoms with E-state index in [1.807, 2.05) is 6.92 Å². The second-order valence-electron chi connectivity index (χ2n) is 6.42. The number of amides is 4. The number of nitrogens with one attached hydrogen (secondary N) is 1. The van der Waals surface area contributed by atoms with Gasteiger partial charge in [0, 0.05) is 6.54 Å². The lowest BCUT2D eigenvalue weighted by Crippen LogP contribution is -2.30. The smallest absolute Gasteiger partial charge is 0.261 e. The molecule has 130 valence electrons. The minimum Gasteiger partial charge on any atom is -0.288 e. The van der Waals surface area contributed by atoms with E-state index in [4.69, 9.17) is 0 Å². The minimum atomic E-state index is -0.426. The van der Waals surface area contributed by atoms with Gasteiger partial charge in [-0.25, -0.2) is 0 Å². The SMILES string of the molecule is CCCCN1C(=O)c2ccc(-c3ccc4c(c3)C(=O)NC4=O)cc2C1=O. The summed E-state index contributed by atoms with van der Waals surface area (Å²) in [6, 6.07) is 10.0. The molecule has 0 aliphatic carbocycles. The van der Waals surface area contributed by atoms with Crippen molar-refractivity contribution < 1.29 is 19.2 Å². The van der Waals surface area contributed by atoms with Gasteiger partial charge in [0.1, 0.15) is 0 Å². The van der Waals surface area contributed by atoms with Crippen LogP contribution in [0.4, 0.5) is 0 Å². The van der Waals surface area contributed by atoms with E-state index in [2.05, 4.69) is 5.32 Å². The zero-order valence-electron chi connectivity index (χ0n) is 14.2. The third kappa shape index (κ3) is 2.34. The summed E-state index contributed by atoms with van der Waals surface area (Å²) in [5, 5.41) is 2.26. The van der Waals surface area contributed by atoms with Crippen LogP contribution in [0.3, 0.4) is 0 Å². The highest BCUT2D eigenvalue weighted by Gasteiger charge is 2.35. The summed E-state index contributed by atoms with van der Waals surface area (Å²) in [6.07, 6.45) is 1.67. The van der Waals surface area contributed by atoms with Gasteiger partial charge in [-0.2, -0.15) is 0 Å². The summed E-state index contributed by atoms with van der Waals surface area (Å²) in [6.45, 7) is 2.42. The molecule has 0 saturated carbocycles. The fourth-order valence-electron chi connectivity index (χ4n) is 3.34. The number of carbonyl (C=O) groups is 4. The fourth-order valence-corrected chi connectivity index (χ4v) is 3.34. The van der Waals surface area contributed by atoms with E-state index in [1.54, 1.807) is 36.4 Å². The zero-order chi connectivity index (χ0) is 18.4. The number of benzene rings is 2. The van der Waals surface area contributed by atoms with E-state index in [9.17, 15) is 19.2 Å². The average Bonchev–Trinajstić information content (AvgIpc) is 3.06. The van der Waals surface area contributed by atoms with Crippen LogP contribution in [0.15, 0.2) is 36.4 Å². The number of unbranched alkanes of at least 4 members (excludes halogenated alkanes) is 1. The molecule has 0 spiro atoms. The van der Waals surface area contributed by atoms with Crippen molar-refractivity contribution in [2.45, 2.75) is 19.8 Å². The Morgan fingerprint density at radius 1 is 0.769 bits per heavy atom. The second kappa shape index (κ2) is 5.91. The average molecular weight is 348 g/mol. The molecule has 0 atom stereocenters. The number of imide groups is 2. The van der Waals surface area contributed by atoms with E-state index in [1.165, 1.54) is 4.90 Å². The molecule has 2 aromatic carbocycles. The molecule has 1 N–H and O–H groups in total. The van der Waals surface area contributed by atoms with E-state index in [0.717, 1.165) is 18.4 Å². The van der Waals surface area contributed by atoms with Crippen LogP contribution >= 0.6 is 0 Å². The monoisotopic (exact) mass is 348 g/mol. The first-order valence-electron chi connectivity index (χ1n) is 8.51. The Hall–Kier alpha value is -3.28. The molecular weight excluding hydrogens is 332 g/mol. The number of hydrogen-bond acceptors (Lipinski definition) is 4. The zero-order valence-corrected chi connectivity index (χ0v) is 14.2. The van der Waals surface area contributed by atoms with Crippen LogP contribution in [0.1, 0.15) is 61.2 Å². The summed E-state index contributed by atoms with van der Waals surface area (Å²) in [5.41, 5.74) is 2.88. The van der Waals surface area contributed by atoms with E-state index >= 15 is 0 Å². The molecular formula is C20H16N2O4. The van der Waals surface area contributed by atoms with Gasteiger partial charge < -0.3 is 0 Å². The molecule has 6 heteroatoms. The first kappa shape index (κ1) is 16.2. The fraction of sp³-hybridized carbons (Fsp3) is 0.200. The van der Waals surface area contributed by atoms with Crippen LogP contribution in [-0.4, -0.2) is 35.1 Å². The molecule has 26 heavy (non-hydrogen) atoms. The van der Waals surface area contributed by atoms with Gasteiger partial charge in [-0.05, 0) is 41.8 Å². The Labute approximate surface area is 149 Å². The van der Waals surface area contributed by atoms with Gasteiger partial charge >= 0.3 is 0 Å². The molecule has 0 aromatic heterocycles. The predicted octanol–water partition coefficient (Wildman–Crippen LogP) is 2.63. The van der Waals surface area contributed by atoms with Crippen molar-refractivity contribution in [3.05, 3.63) is 58.7 Å². The van der Waals surface area contributed by atoms with Gasteiger partial charge in [-0.15, -0.1) is 0 Å². The highest BCUT2D eigenvalue weighted by atomic mass is 16.2. The molecule has 0 unspecified atom stereocenters. The third-order valence-corrected chi connectivity index (χ3v) is 4.78. The van der Waals surface area contributed by atoms with Gasteiger partial charge in [0.25, 0.3) is 23.6 Å². The maximum Gasteiger partial charge on any atom is 0.261 e. The van der Waals surface area contributed by atoms with Crippen molar-refractivity contribution >= 4 is 23.6 Å². The van der Waals surface area contributed by atoms with Crippen LogP contribution in [0.2, 0.25) is 0 Å². The van der Waals surface area contributed by atoms with E-state index in [0.29, 0.717) is 34.4 Å². The Morgan fingerprint density at radius 3 is 2.04 bits per heavy atom. The third-order valence-electron chi connectivity index (χ3n) is 4.78. The molecule has 0 fully saturated rings. The van der Waals surface area contributed by atoms with E-state index in [-0.39, 0.29) is 11.8 Å². The maximum atomic E-state index is 12.6. The van der Waals surface area contributed by atoms with Crippen molar-refractivity contribution in [2.75, 3.05) is 6.54 Å². The van der Waals surface area contributed by atoms with Crippen LogP contribution in [0, 0.1) is 0 Å². The molecule has 2 aromatic rings. The lowest BCUT2D eigenvalue weighted by atomic mass is 9.97. The molecule has 2 heterocycles. The highest BCUT2D eigenvalue weighted by Crippen LogP contribution is 2.30. The Morgan fingerprint density at radius 2 is 1.35 bits per heavy atom. The maximum absolute atomic E-state index is 12.6. The minimum absolute atomic E-state index is 0.260. The molecule has 2 aliphatic rings. The van der Waals surface area contributed by atoms with Gasteiger partial charge in [0.2, 0.25) is 0 Å². The topological polar surface area (TPSA) is 83.6 Å². The number of fused-ring (bicyclic) bond motifs is 2.